The summed E-state index contributed by atoms with van der Waals surface area (Å²) in [6.45, 7) is 4.93. The van der Waals surface area contributed by atoms with E-state index in [2.05, 4.69) is 9.88 Å². The maximum atomic E-state index is 12.4. The molecule has 3 rings (SSSR count). The van der Waals surface area contributed by atoms with Crippen molar-refractivity contribution in [1.29, 1.82) is 0 Å². The van der Waals surface area contributed by atoms with Crippen molar-refractivity contribution in [3.8, 4) is 0 Å². The minimum atomic E-state index is -0.733. The van der Waals surface area contributed by atoms with Gasteiger partial charge in [-0.2, -0.15) is 0 Å². The van der Waals surface area contributed by atoms with Gasteiger partial charge in [-0.05, 0) is 12.5 Å². The van der Waals surface area contributed by atoms with E-state index in [0.717, 1.165) is 29.5 Å². The number of aliphatic hydroxyl groups is 1. The normalized spacial score (nSPS) is 16.4. The first kappa shape index (κ1) is 16.0. The minimum Gasteiger partial charge on any atom is -0.388 e. The van der Waals surface area contributed by atoms with Gasteiger partial charge in [0.1, 0.15) is 0 Å². The van der Waals surface area contributed by atoms with E-state index < -0.39 is 6.10 Å². The predicted octanol–water partition coefficient (Wildman–Crippen LogP) is 2.22. The minimum absolute atomic E-state index is 0.0105. The Morgan fingerprint density at radius 1 is 1.26 bits per heavy atom. The lowest BCUT2D eigenvalue weighted by Crippen LogP contribution is -2.49. The van der Waals surface area contributed by atoms with Gasteiger partial charge in [-0.15, -0.1) is 11.3 Å². The lowest BCUT2D eigenvalue weighted by Gasteiger charge is -2.35. The summed E-state index contributed by atoms with van der Waals surface area (Å²) in [5, 5.41) is 13.3. The van der Waals surface area contributed by atoms with Crippen LogP contribution in [0, 0.1) is 6.92 Å². The van der Waals surface area contributed by atoms with Crippen LogP contribution in [0.15, 0.2) is 35.7 Å². The maximum absolute atomic E-state index is 12.4. The smallest absolute Gasteiger partial charge is 0.225 e. The number of carbonyl (C=O) groups is 1. The van der Waals surface area contributed by atoms with Gasteiger partial charge in [-0.1, -0.05) is 30.3 Å². The second kappa shape index (κ2) is 7.10. The molecule has 1 amide bonds. The average molecular weight is 331 g/mol. The summed E-state index contributed by atoms with van der Waals surface area (Å²) in [5.74, 6) is 0.0105. The number of anilines is 1. The van der Waals surface area contributed by atoms with Gasteiger partial charge in [0.25, 0.3) is 0 Å². The molecular weight excluding hydrogens is 310 g/mol. The first-order valence-electron chi connectivity index (χ1n) is 7.81. The molecule has 1 aromatic heterocycles. The standard InChI is InChI=1S/C17H21N3O2S/c1-13-12-23-17(18-13)20-9-7-19(8-10-20)16(22)11-15(21)14-5-3-2-4-6-14/h2-6,12,15,21H,7-11H2,1H3. The molecule has 1 aliphatic rings. The molecule has 1 fully saturated rings. The maximum Gasteiger partial charge on any atom is 0.225 e. The Hall–Kier alpha value is -1.92. The van der Waals surface area contributed by atoms with Gasteiger partial charge < -0.3 is 14.9 Å². The highest BCUT2D eigenvalue weighted by molar-refractivity contribution is 7.13. The molecule has 0 saturated carbocycles. The van der Waals surface area contributed by atoms with Gasteiger partial charge in [0.2, 0.25) is 5.91 Å². The molecule has 5 nitrogen and oxygen atoms in total. The van der Waals surface area contributed by atoms with Crippen molar-refractivity contribution in [3.63, 3.8) is 0 Å². The summed E-state index contributed by atoms with van der Waals surface area (Å²) in [5.41, 5.74) is 1.83. The van der Waals surface area contributed by atoms with Crippen LogP contribution in [-0.2, 0) is 4.79 Å². The van der Waals surface area contributed by atoms with Gasteiger partial charge in [0.05, 0.1) is 18.2 Å². The molecule has 122 valence electrons. The molecular formula is C17H21N3O2S. The average Bonchev–Trinajstić information content (AvgIpc) is 3.02. The summed E-state index contributed by atoms with van der Waals surface area (Å²) in [7, 11) is 0. The van der Waals surface area contributed by atoms with E-state index in [-0.39, 0.29) is 12.3 Å². The van der Waals surface area contributed by atoms with Gasteiger partial charge >= 0.3 is 0 Å². The number of piperazine rings is 1. The van der Waals surface area contributed by atoms with Crippen LogP contribution in [0.3, 0.4) is 0 Å². The summed E-state index contributed by atoms with van der Waals surface area (Å²) in [6, 6.07) is 9.34. The van der Waals surface area contributed by atoms with Crippen molar-refractivity contribution >= 4 is 22.4 Å². The highest BCUT2D eigenvalue weighted by Crippen LogP contribution is 2.22. The molecule has 0 spiro atoms. The molecule has 0 bridgehead atoms. The summed E-state index contributed by atoms with van der Waals surface area (Å²) in [4.78, 5) is 20.9. The quantitative estimate of drug-likeness (QED) is 0.933. The number of aromatic nitrogens is 1. The lowest BCUT2D eigenvalue weighted by atomic mass is 10.1. The van der Waals surface area contributed by atoms with Crippen molar-refractivity contribution in [1.82, 2.24) is 9.88 Å². The number of aliphatic hydroxyl groups excluding tert-OH is 1. The van der Waals surface area contributed by atoms with Crippen LogP contribution < -0.4 is 4.90 Å². The fourth-order valence-electron chi connectivity index (χ4n) is 2.72. The topological polar surface area (TPSA) is 56.7 Å². The number of hydrogen-bond donors (Lipinski definition) is 1. The third-order valence-electron chi connectivity index (χ3n) is 4.06. The van der Waals surface area contributed by atoms with Crippen molar-refractivity contribution in [2.75, 3.05) is 31.1 Å². The van der Waals surface area contributed by atoms with Gasteiger partial charge in [0, 0.05) is 31.6 Å². The van der Waals surface area contributed by atoms with Crippen LogP contribution >= 0.6 is 11.3 Å². The molecule has 2 heterocycles. The molecule has 2 aromatic rings. The van der Waals surface area contributed by atoms with E-state index in [9.17, 15) is 9.90 Å². The Kier molecular flexibility index (Phi) is 4.93. The summed E-state index contributed by atoms with van der Waals surface area (Å²) < 4.78 is 0. The van der Waals surface area contributed by atoms with E-state index in [4.69, 9.17) is 0 Å². The molecule has 1 atom stereocenters. The molecule has 1 unspecified atom stereocenters. The van der Waals surface area contributed by atoms with Gasteiger partial charge in [-0.25, -0.2) is 4.98 Å². The van der Waals surface area contributed by atoms with Crippen LogP contribution in [0.2, 0.25) is 0 Å². The van der Waals surface area contributed by atoms with E-state index in [1.165, 1.54) is 0 Å². The fraction of sp³-hybridized carbons (Fsp3) is 0.412. The number of amides is 1. The van der Waals surface area contributed by atoms with Crippen LogP contribution in [0.4, 0.5) is 5.13 Å². The first-order valence-corrected chi connectivity index (χ1v) is 8.69. The number of benzene rings is 1. The SMILES string of the molecule is Cc1csc(N2CCN(C(=O)CC(O)c3ccccc3)CC2)n1. The van der Waals surface area contributed by atoms with E-state index in [1.54, 1.807) is 11.3 Å². The van der Waals surface area contributed by atoms with Crippen LogP contribution in [0.5, 0.6) is 0 Å². The molecule has 0 aliphatic carbocycles. The van der Waals surface area contributed by atoms with Crippen LogP contribution in [0.25, 0.3) is 0 Å². The third-order valence-corrected chi connectivity index (χ3v) is 5.08. The molecule has 1 aliphatic heterocycles. The molecule has 1 N–H and O–H groups in total. The monoisotopic (exact) mass is 331 g/mol. The van der Waals surface area contributed by atoms with E-state index in [1.807, 2.05) is 47.5 Å². The number of aryl methyl sites for hydroxylation is 1. The zero-order chi connectivity index (χ0) is 16.2. The Balaban J connectivity index is 1.52. The molecule has 1 saturated heterocycles. The van der Waals surface area contributed by atoms with Crippen molar-refractivity contribution in [3.05, 3.63) is 47.0 Å². The van der Waals surface area contributed by atoms with Crippen molar-refractivity contribution in [2.24, 2.45) is 0 Å². The molecule has 1 aromatic carbocycles. The highest BCUT2D eigenvalue weighted by Gasteiger charge is 2.24. The second-order valence-corrected chi connectivity index (χ2v) is 6.61. The number of thiazole rings is 1. The number of nitrogens with zero attached hydrogens (tertiary/aromatic N) is 3. The van der Waals surface area contributed by atoms with Gasteiger partial charge in [-0.3, -0.25) is 4.79 Å². The lowest BCUT2D eigenvalue weighted by molar-refractivity contribution is -0.133. The third kappa shape index (κ3) is 3.89. The summed E-state index contributed by atoms with van der Waals surface area (Å²) >= 11 is 1.64. The van der Waals surface area contributed by atoms with E-state index in [0.29, 0.717) is 13.1 Å². The Labute approximate surface area is 140 Å². The van der Waals surface area contributed by atoms with Crippen LogP contribution in [-0.4, -0.2) is 47.1 Å². The molecule has 23 heavy (non-hydrogen) atoms. The second-order valence-electron chi connectivity index (χ2n) is 5.77. The zero-order valence-corrected chi connectivity index (χ0v) is 14.0. The molecule has 6 heteroatoms. The van der Waals surface area contributed by atoms with Crippen molar-refractivity contribution < 1.29 is 9.90 Å². The van der Waals surface area contributed by atoms with E-state index >= 15 is 0 Å². The highest BCUT2D eigenvalue weighted by atomic mass is 32.1. The fourth-order valence-corrected chi connectivity index (χ4v) is 3.58. The number of rotatable bonds is 4. The summed E-state index contributed by atoms with van der Waals surface area (Å²) in [6.07, 6.45) is -0.594. The predicted molar refractivity (Wildman–Crippen MR) is 91.7 cm³/mol. The van der Waals surface area contributed by atoms with Crippen LogP contribution in [0.1, 0.15) is 23.8 Å². The number of hydrogen-bond acceptors (Lipinski definition) is 5. The Bertz CT molecular complexity index is 651. The Morgan fingerprint density at radius 3 is 2.57 bits per heavy atom. The van der Waals surface area contributed by atoms with Crippen molar-refractivity contribution in [2.45, 2.75) is 19.4 Å². The first-order chi connectivity index (χ1) is 11.1. The largest absolute Gasteiger partial charge is 0.388 e. The molecule has 0 radical (unpaired) electrons. The number of carbonyl (C=O) groups excluding carboxylic acids is 1. The van der Waals surface area contributed by atoms with Gasteiger partial charge in [0.15, 0.2) is 5.13 Å². The Morgan fingerprint density at radius 2 is 1.96 bits per heavy atom. The zero-order valence-electron chi connectivity index (χ0n) is 13.2.